The Labute approximate surface area is 118 Å². The van der Waals surface area contributed by atoms with E-state index in [1.54, 1.807) is 24.3 Å². The molecule has 0 heterocycles. The number of anilines is 1. The summed E-state index contributed by atoms with van der Waals surface area (Å²) in [5.74, 6) is 0.360. The van der Waals surface area contributed by atoms with Crippen molar-refractivity contribution >= 4 is 17.7 Å². The number of hydrogen-bond donors (Lipinski definition) is 2. The zero-order valence-corrected chi connectivity index (χ0v) is 12.1. The van der Waals surface area contributed by atoms with Gasteiger partial charge in [0.25, 0.3) is 5.91 Å². The highest BCUT2D eigenvalue weighted by Crippen LogP contribution is 2.15. The van der Waals surface area contributed by atoms with Crippen molar-refractivity contribution in [1.82, 2.24) is 5.32 Å². The average molecular weight is 280 g/mol. The lowest BCUT2D eigenvalue weighted by Gasteiger charge is -2.20. The molecule has 0 aliphatic carbocycles. The molecule has 0 saturated carbocycles. The lowest BCUT2D eigenvalue weighted by molar-refractivity contribution is -0.124. The van der Waals surface area contributed by atoms with Crippen molar-refractivity contribution < 1.29 is 19.1 Å². The summed E-state index contributed by atoms with van der Waals surface area (Å²) in [6.07, 6.45) is -0.539. The number of nitrogens with one attached hydrogen (secondary N) is 2. The first-order chi connectivity index (χ1) is 9.30. The molecule has 0 bridgehead atoms. The van der Waals surface area contributed by atoms with Crippen LogP contribution in [0.3, 0.4) is 0 Å². The molecule has 1 aromatic carbocycles. The fourth-order valence-corrected chi connectivity index (χ4v) is 1.41. The Balaban J connectivity index is 2.46. The summed E-state index contributed by atoms with van der Waals surface area (Å²) < 4.78 is 9.82. The second kappa shape index (κ2) is 6.79. The van der Waals surface area contributed by atoms with Gasteiger partial charge in [0, 0.05) is 11.2 Å². The highest BCUT2D eigenvalue weighted by atomic mass is 16.5. The first-order valence-corrected chi connectivity index (χ1v) is 6.19. The molecule has 0 aliphatic rings. The zero-order valence-electron chi connectivity index (χ0n) is 12.1. The molecule has 6 nitrogen and oxygen atoms in total. The minimum Gasteiger partial charge on any atom is -0.484 e. The number of rotatable bonds is 4. The smallest absolute Gasteiger partial charge is 0.411 e. The van der Waals surface area contributed by atoms with Gasteiger partial charge in [-0.05, 0) is 45.0 Å². The maximum atomic E-state index is 11.6. The van der Waals surface area contributed by atoms with Crippen molar-refractivity contribution in [2.75, 3.05) is 19.0 Å². The predicted octanol–water partition coefficient (Wildman–Crippen LogP) is 2.16. The van der Waals surface area contributed by atoms with Crippen molar-refractivity contribution in [3.63, 3.8) is 0 Å². The van der Waals surface area contributed by atoms with E-state index in [1.807, 2.05) is 20.8 Å². The molecule has 0 unspecified atom stereocenters. The van der Waals surface area contributed by atoms with Gasteiger partial charge in [-0.2, -0.15) is 0 Å². The topological polar surface area (TPSA) is 76.7 Å². The van der Waals surface area contributed by atoms with E-state index in [0.717, 1.165) is 0 Å². The van der Waals surface area contributed by atoms with Gasteiger partial charge in [0.05, 0.1) is 7.11 Å². The Kier molecular flexibility index (Phi) is 5.37. The highest BCUT2D eigenvalue weighted by Gasteiger charge is 2.13. The first-order valence-electron chi connectivity index (χ1n) is 6.19. The summed E-state index contributed by atoms with van der Waals surface area (Å²) >= 11 is 0. The zero-order chi connectivity index (χ0) is 15.2. The summed E-state index contributed by atoms with van der Waals surface area (Å²) in [4.78, 5) is 22.6. The molecule has 0 atom stereocenters. The Morgan fingerprint density at radius 3 is 2.25 bits per heavy atom. The molecule has 0 saturated heterocycles. The molecule has 1 aromatic rings. The van der Waals surface area contributed by atoms with Crippen LogP contribution in [0.25, 0.3) is 0 Å². The van der Waals surface area contributed by atoms with Crippen LogP contribution in [0.2, 0.25) is 0 Å². The predicted molar refractivity (Wildman–Crippen MR) is 75.9 cm³/mol. The standard InChI is InChI=1S/C14H20N2O4/c1-14(2,3)16-12(17)9-20-11-7-5-10(6-8-11)15-13(18)19-4/h5-8H,9H2,1-4H3,(H,15,18)(H,16,17). The van der Waals surface area contributed by atoms with Crippen LogP contribution in [0.4, 0.5) is 10.5 Å². The van der Waals surface area contributed by atoms with E-state index in [-0.39, 0.29) is 18.1 Å². The van der Waals surface area contributed by atoms with Crippen molar-refractivity contribution in [3.05, 3.63) is 24.3 Å². The lowest BCUT2D eigenvalue weighted by atomic mass is 10.1. The van der Waals surface area contributed by atoms with Crippen molar-refractivity contribution in [2.24, 2.45) is 0 Å². The minimum atomic E-state index is -0.539. The molecule has 0 aromatic heterocycles. The lowest BCUT2D eigenvalue weighted by Crippen LogP contribution is -2.43. The monoisotopic (exact) mass is 280 g/mol. The SMILES string of the molecule is COC(=O)Nc1ccc(OCC(=O)NC(C)(C)C)cc1. The van der Waals surface area contributed by atoms with Gasteiger partial charge >= 0.3 is 6.09 Å². The van der Waals surface area contributed by atoms with Crippen LogP contribution in [0, 0.1) is 0 Å². The molecule has 0 aliphatic heterocycles. The molecule has 0 radical (unpaired) electrons. The van der Waals surface area contributed by atoms with Crippen LogP contribution in [0.5, 0.6) is 5.75 Å². The van der Waals surface area contributed by atoms with Gasteiger partial charge in [-0.15, -0.1) is 0 Å². The maximum absolute atomic E-state index is 11.6. The van der Waals surface area contributed by atoms with Crippen molar-refractivity contribution in [1.29, 1.82) is 0 Å². The summed E-state index contributed by atoms with van der Waals surface area (Å²) in [6.45, 7) is 5.65. The molecule has 6 heteroatoms. The van der Waals surface area contributed by atoms with Crippen LogP contribution in [-0.4, -0.2) is 31.3 Å². The molecule has 0 fully saturated rings. The average Bonchev–Trinajstić information content (AvgIpc) is 2.36. The van der Waals surface area contributed by atoms with Gasteiger partial charge in [-0.3, -0.25) is 10.1 Å². The number of carbonyl (C=O) groups is 2. The second-order valence-electron chi connectivity index (χ2n) is 5.23. The van der Waals surface area contributed by atoms with Crippen LogP contribution in [0.1, 0.15) is 20.8 Å². The largest absolute Gasteiger partial charge is 0.484 e. The van der Waals surface area contributed by atoms with Crippen LogP contribution >= 0.6 is 0 Å². The van der Waals surface area contributed by atoms with E-state index in [0.29, 0.717) is 11.4 Å². The summed E-state index contributed by atoms with van der Waals surface area (Å²) in [6, 6.07) is 6.65. The Bertz CT molecular complexity index is 463. The van der Waals surface area contributed by atoms with Gasteiger partial charge in [-0.25, -0.2) is 4.79 Å². The molecule has 0 spiro atoms. The molecular weight excluding hydrogens is 260 g/mol. The third kappa shape index (κ3) is 6.08. The Morgan fingerprint density at radius 1 is 1.15 bits per heavy atom. The number of hydrogen-bond acceptors (Lipinski definition) is 4. The van der Waals surface area contributed by atoms with Gasteiger partial charge < -0.3 is 14.8 Å². The highest BCUT2D eigenvalue weighted by molar-refractivity contribution is 5.84. The fourth-order valence-electron chi connectivity index (χ4n) is 1.41. The number of ether oxygens (including phenoxy) is 2. The van der Waals surface area contributed by atoms with Crippen LogP contribution in [0.15, 0.2) is 24.3 Å². The van der Waals surface area contributed by atoms with Gasteiger partial charge in [0.2, 0.25) is 0 Å². The van der Waals surface area contributed by atoms with E-state index in [2.05, 4.69) is 15.4 Å². The van der Waals surface area contributed by atoms with Crippen molar-refractivity contribution in [2.45, 2.75) is 26.3 Å². The number of amides is 2. The van der Waals surface area contributed by atoms with Crippen LogP contribution < -0.4 is 15.4 Å². The number of methoxy groups -OCH3 is 1. The molecule has 1 rings (SSSR count). The van der Waals surface area contributed by atoms with Gasteiger partial charge in [0.1, 0.15) is 5.75 Å². The van der Waals surface area contributed by atoms with E-state index >= 15 is 0 Å². The van der Waals surface area contributed by atoms with E-state index in [4.69, 9.17) is 4.74 Å². The Morgan fingerprint density at radius 2 is 1.75 bits per heavy atom. The third-order valence-corrected chi connectivity index (χ3v) is 2.17. The molecular formula is C14H20N2O4. The van der Waals surface area contributed by atoms with E-state index in [1.165, 1.54) is 7.11 Å². The maximum Gasteiger partial charge on any atom is 0.411 e. The number of carbonyl (C=O) groups excluding carboxylic acids is 2. The third-order valence-electron chi connectivity index (χ3n) is 2.17. The van der Waals surface area contributed by atoms with Gasteiger partial charge in [0.15, 0.2) is 6.61 Å². The quantitative estimate of drug-likeness (QED) is 0.886. The van der Waals surface area contributed by atoms with E-state index < -0.39 is 6.09 Å². The fraction of sp³-hybridized carbons (Fsp3) is 0.429. The Hall–Kier alpha value is -2.24. The second-order valence-corrected chi connectivity index (χ2v) is 5.23. The van der Waals surface area contributed by atoms with E-state index in [9.17, 15) is 9.59 Å². The normalized spacial score (nSPS) is 10.6. The minimum absolute atomic E-state index is 0.0545. The molecule has 2 N–H and O–H groups in total. The first kappa shape index (κ1) is 15.8. The molecule has 110 valence electrons. The summed E-state index contributed by atoms with van der Waals surface area (Å²) in [5.41, 5.74) is 0.303. The molecule has 2 amide bonds. The van der Waals surface area contributed by atoms with Gasteiger partial charge in [-0.1, -0.05) is 0 Å². The number of benzene rings is 1. The summed E-state index contributed by atoms with van der Waals surface area (Å²) in [7, 11) is 1.29. The summed E-state index contributed by atoms with van der Waals surface area (Å²) in [5, 5.41) is 5.32. The van der Waals surface area contributed by atoms with Crippen molar-refractivity contribution in [3.8, 4) is 5.75 Å². The van der Waals surface area contributed by atoms with Crippen LogP contribution in [-0.2, 0) is 9.53 Å². The molecule has 20 heavy (non-hydrogen) atoms.